The van der Waals surface area contributed by atoms with Gasteiger partial charge in [0.2, 0.25) is 0 Å². The van der Waals surface area contributed by atoms with Crippen LogP contribution in [0.1, 0.15) is 36.5 Å². The van der Waals surface area contributed by atoms with Crippen molar-refractivity contribution < 1.29 is 19.8 Å². The van der Waals surface area contributed by atoms with Crippen LogP contribution < -0.4 is 0 Å². The van der Waals surface area contributed by atoms with Gasteiger partial charge in [0.25, 0.3) is 5.91 Å². The smallest absolute Gasteiger partial charge is 0.329 e. The number of likely N-dealkylation sites (tertiary alicyclic amines) is 1. The Morgan fingerprint density at radius 2 is 2.11 bits per heavy atom. The van der Waals surface area contributed by atoms with Gasteiger partial charge in [-0.15, -0.1) is 0 Å². The van der Waals surface area contributed by atoms with Crippen molar-refractivity contribution in [3.05, 3.63) is 24.0 Å². The van der Waals surface area contributed by atoms with Crippen LogP contribution in [0.5, 0.6) is 5.75 Å². The molecule has 1 aromatic heterocycles. The minimum absolute atomic E-state index is 0.111. The molecular formula is C13H16N2O4. The number of hydrogen-bond acceptors (Lipinski definition) is 4. The monoisotopic (exact) mass is 264 g/mol. The Hall–Kier alpha value is -2.11. The van der Waals surface area contributed by atoms with E-state index in [1.165, 1.54) is 23.4 Å². The molecule has 102 valence electrons. The zero-order valence-electron chi connectivity index (χ0n) is 10.7. The van der Waals surface area contributed by atoms with Crippen LogP contribution in [0, 0.1) is 0 Å². The molecule has 0 spiro atoms. The number of nitrogens with zero attached hydrogens (tertiary/aromatic N) is 2. The second kappa shape index (κ2) is 4.87. The minimum Gasteiger partial charge on any atom is -0.506 e. The van der Waals surface area contributed by atoms with Crippen molar-refractivity contribution in [2.75, 3.05) is 6.54 Å². The van der Waals surface area contributed by atoms with Gasteiger partial charge in [-0.3, -0.25) is 9.78 Å². The number of rotatable bonds is 2. The van der Waals surface area contributed by atoms with E-state index in [-0.39, 0.29) is 11.3 Å². The number of pyridine rings is 1. The second-order valence-electron chi connectivity index (χ2n) is 4.92. The third-order valence-corrected chi connectivity index (χ3v) is 3.57. The summed E-state index contributed by atoms with van der Waals surface area (Å²) in [4.78, 5) is 28.9. The highest BCUT2D eigenvalue weighted by Crippen LogP contribution is 2.30. The van der Waals surface area contributed by atoms with Gasteiger partial charge in [0.1, 0.15) is 11.3 Å². The maximum atomic E-state index is 12.4. The number of piperidine rings is 1. The molecule has 1 aromatic rings. The van der Waals surface area contributed by atoms with Gasteiger partial charge in [-0.25, -0.2) is 4.79 Å². The number of amides is 1. The Kier molecular flexibility index (Phi) is 3.42. The normalized spacial score (nSPS) is 23.1. The number of hydrogen-bond donors (Lipinski definition) is 2. The van der Waals surface area contributed by atoms with Gasteiger partial charge < -0.3 is 15.1 Å². The van der Waals surface area contributed by atoms with E-state index in [1.807, 2.05) is 0 Å². The Bertz CT molecular complexity index is 517. The van der Waals surface area contributed by atoms with Gasteiger partial charge in [-0.2, -0.15) is 0 Å². The summed E-state index contributed by atoms with van der Waals surface area (Å²) in [5.74, 6) is -1.53. The number of aromatic nitrogens is 1. The van der Waals surface area contributed by atoms with Gasteiger partial charge >= 0.3 is 5.97 Å². The quantitative estimate of drug-likeness (QED) is 0.839. The highest BCUT2D eigenvalue weighted by molar-refractivity contribution is 5.98. The Morgan fingerprint density at radius 3 is 2.74 bits per heavy atom. The minimum atomic E-state index is -1.19. The lowest BCUT2D eigenvalue weighted by molar-refractivity contribution is -0.150. The predicted octanol–water partition coefficient (Wildman–Crippen LogP) is 1.26. The first-order valence-corrected chi connectivity index (χ1v) is 6.14. The van der Waals surface area contributed by atoms with Crippen LogP contribution in [-0.4, -0.2) is 44.1 Å². The summed E-state index contributed by atoms with van der Waals surface area (Å²) in [7, 11) is 0. The number of aromatic hydroxyl groups is 1. The SMILES string of the molecule is CC1(C(=O)O)CCCCN1C(=O)c1cncc(O)c1. The third kappa shape index (κ3) is 2.38. The van der Waals surface area contributed by atoms with Crippen LogP contribution in [0.15, 0.2) is 18.5 Å². The van der Waals surface area contributed by atoms with Gasteiger partial charge in [0.05, 0.1) is 11.8 Å². The molecule has 1 aliphatic rings. The van der Waals surface area contributed by atoms with E-state index in [2.05, 4.69) is 4.98 Å². The molecule has 2 heterocycles. The Balaban J connectivity index is 2.33. The third-order valence-electron chi connectivity index (χ3n) is 3.57. The molecule has 0 radical (unpaired) electrons. The zero-order chi connectivity index (χ0) is 14.0. The molecule has 0 aliphatic carbocycles. The maximum Gasteiger partial charge on any atom is 0.329 e. The molecule has 1 aliphatic heterocycles. The van der Waals surface area contributed by atoms with Crippen LogP contribution in [0.25, 0.3) is 0 Å². The van der Waals surface area contributed by atoms with E-state index in [4.69, 9.17) is 0 Å². The fraction of sp³-hybridized carbons (Fsp3) is 0.462. The van der Waals surface area contributed by atoms with Gasteiger partial charge in [-0.05, 0) is 32.3 Å². The molecule has 6 heteroatoms. The van der Waals surface area contributed by atoms with Crippen LogP contribution >= 0.6 is 0 Å². The van der Waals surface area contributed by atoms with Crippen molar-refractivity contribution in [2.45, 2.75) is 31.7 Å². The lowest BCUT2D eigenvalue weighted by atomic mass is 9.88. The Morgan fingerprint density at radius 1 is 1.37 bits per heavy atom. The molecule has 2 N–H and O–H groups in total. The van der Waals surface area contributed by atoms with Gasteiger partial charge in [0.15, 0.2) is 0 Å². The number of carboxylic acid groups (broad SMARTS) is 1. The fourth-order valence-corrected chi connectivity index (χ4v) is 2.37. The molecule has 1 unspecified atom stereocenters. The van der Waals surface area contributed by atoms with Crippen molar-refractivity contribution in [3.63, 3.8) is 0 Å². The largest absolute Gasteiger partial charge is 0.506 e. The van der Waals surface area contributed by atoms with Gasteiger partial charge in [0, 0.05) is 12.7 Å². The lowest BCUT2D eigenvalue weighted by Crippen LogP contribution is -2.57. The molecule has 6 nitrogen and oxygen atoms in total. The molecule has 2 rings (SSSR count). The van der Waals surface area contributed by atoms with Crippen LogP contribution in [0.3, 0.4) is 0 Å². The zero-order valence-corrected chi connectivity index (χ0v) is 10.7. The summed E-state index contributed by atoms with van der Waals surface area (Å²) >= 11 is 0. The molecule has 0 aromatic carbocycles. The number of carboxylic acids is 1. The summed E-state index contributed by atoms with van der Waals surface area (Å²) in [6.45, 7) is 1.96. The topological polar surface area (TPSA) is 90.7 Å². The Labute approximate surface area is 110 Å². The van der Waals surface area contributed by atoms with E-state index >= 15 is 0 Å². The summed E-state index contributed by atoms with van der Waals surface area (Å²) in [5, 5.41) is 18.7. The average molecular weight is 264 g/mol. The molecule has 19 heavy (non-hydrogen) atoms. The summed E-state index contributed by atoms with van der Waals surface area (Å²) < 4.78 is 0. The maximum absolute atomic E-state index is 12.4. The highest BCUT2D eigenvalue weighted by Gasteiger charge is 2.44. The van der Waals surface area contributed by atoms with E-state index < -0.39 is 17.4 Å². The number of carbonyl (C=O) groups excluding carboxylic acids is 1. The summed E-state index contributed by atoms with van der Waals surface area (Å²) in [6, 6.07) is 1.30. The average Bonchev–Trinajstić information content (AvgIpc) is 2.38. The van der Waals surface area contributed by atoms with Crippen LogP contribution in [-0.2, 0) is 4.79 Å². The molecule has 1 amide bonds. The van der Waals surface area contributed by atoms with Crippen LogP contribution in [0.2, 0.25) is 0 Å². The molecule has 1 fully saturated rings. The number of aliphatic carboxylic acids is 1. The molecular weight excluding hydrogens is 248 g/mol. The van der Waals surface area contributed by atoms with Crippen molar-refractivity contribution in [3.8, 4) is 5.75 Å². The lowest BCUT2D eigenvalue weighted by Gasteiger charge is -2.41. The fourth-order valence-electron chi connectivity index (χ4n) is 2.37. The van der Waals surface area contributed by atoms with Crippen molar-refractivity contribution in [1.82, 2.24) is 9.88 Å². The summed E-state index contributed by atoms with van der Waals surface area (Å²) in [5.41, 5.74) is -0.991. The van der Waals surface area contributed by atoms with E-state index in [9.17, 15) is 19.8 Å². The number of carbonyl (C=O) groups is 2. The predicted molar refractivity (Wildman–Crippen MR) is 66.8 cm³/mol. The van der Waals surface area contributed by atoms with Crippen molar-refractivity contribution >= 4 is 11.9 Å². The van der Waals surface area contributed by atoms with Crippen molar-refractivity contribution in [1.29, 1.82) is 0 Å². The first kappa shape index (κ1) is 13.3. The molecule has 0 saturated carbocycles. The second-order valence-corrected chi connectivity index (χ2v) is 4.92. The molecule has 0 bridgehead atoms. The highest BCUT2D eigenvalue weighted by atomic mass is 16.4. The first-order valence-electron chi connectivity index (χ1n) is 6.14. The first-order chi connectivity index (χ1) is 8.95. The molecule has 1 atom stereocenters. The van der Waals surface area contributed by atoms with E-state index in [0.717, 1.165) is 12.8 Å². The van der Waals surface area contributed by atoms with E-state index in [0.29, 0.717) is 13.0 Å². The summed E-state index contributed by atoms with van der Waals surface area (Å²) in [6.07, 6.45) is 4.55. The van der Waals surface area contributed by atoms with Crippen LogP contribution in [0.4, 0.5) is 0 Å². The van der Waals surface area contributed by atoms with Crippen molar-refractivity contribution in [2.24, 2.45) is 0 Å². The molecule has 1 saturated heterocycles. The standard InChI is InChI=1S/C13H16N2O4/c1-13(12(18)19)4-2-3-5-15(13)11(17)9-6-10(16)8-14-7-9/h6-8,16H,2-5H2,1H3,(H,18,19). The van der Waals surface area contributed by atoms with Gasteiger partial charge in [-0.1, -0.05) is 0 Å². The van der Waals surface area contributed by atoms with E-state index in [1.54, 1.807) is 6.92 Å².